The first-order valence-electron chi connectivity index (χ1n) is 7.89. The van der Waals surface area contributed by atoms with Gasteiger partial charge in [-0.2, -0.15) is 31.6 Å². The fraction of sp³-hybridized carbons (Fsp3) is 0.158. The van der Waals surface area contributed by atoms with Crippen LogP contribution in [0.5, 0.6) is 0 Å². The van der Waals surface area contributed by atoms with Crippen LogP contribution in [0.4, 0.5) is 32.0 Å². The number of benzene rings is 2. The maximum absolute atomic E-state index is 12.6. The Bertz CT molecular complexity index is 953. The topological polar surface area (TPSA) is 73.1 Å². The molecule has 0 aliphatic heterocycles. The molecule has 2 aromatic carbocycles. The number of amides is 1. The van der Waals surface area contributed by atoms with E-state index in [4.69, 9.17) is 5.26 Å². The molecule has 0 fully saturated rings. The Balaban J connectivity index is 2.15. The Morgan fingerprint density at radius 2 is 1.34 bits per heavy atom. The van der Waals surface area contributed by atoms with Crippen LogP contribution < -0.4 is 5.32 Å². The number of nitrogens with zero attached hydrogens (tertiary/aromatic N) is 1. The fourth-order valence-electron chi connectivity index (χ4n) is 2.28. The summed E-state index contributed by atoms with van der Waals surface area (Å²) in [6.07, 6.45) is -9.47. The lowest BCUT2D eigenvalue weighted by Gasteiger charge is -2.10. The molecule has 2 aromatic rings. The first-order valence-corrected chi connectivity index (χ1v) is 7.89. The van der Waals surface area contributed by atoms with Crippen LogP contribution in [0.15, 0.2) is 59.9 Å². The third kappa shape index (κ3) is 5.75. The smallest absolute Gasteiger partial charge is 0.416 e. The Hall–Kier alpha value is -3.48. The second-order valence-corrected chi connectivity index (χ2v) is 5.83. The van der Waals surface area contributed by atoms with Gasteiger partial charge in [0.2, 0.25) is 0 Å². The van der Waals surface area contributed by atoms with Crippen molar-refractivity contribution in [1.29, 1.82) is 5.26 Å². The van der Waals surface area contributed by atoms with Gasteiger partial charge in [-0.3, -0.25) is 4.79 Å². The summed E-state index contributed by atoms with van der Waals surface area (Å²) in [6.45, 7) is 0. The van der Waals surface area contributed by atoms with Gasteiger partial charge in [0.25, 0.3) is 5.91 Å². The zero-order valence-corrected chi connectivity index (χ0v) is 14.4. The molecule has 0 spiro atoms. The number of anilines is 1. The maximum atomic E-state index is 12.6. The molecular formula is C19H12F6N2O2. The highest BCUT2D eigenvalue weighted by Crippen LogP contribution is 2.30. The fourth-order valence-corrected chi connectivity index (χ4v) is 2.28. The van der Waals surface area contributed by atoms with E-state index in [1.165, 1.54) is 6.07 Å². The van der Waals surface area contributed by atoms with Crippen LogP contribution in [0.1, 0.15) is 16.7 Å². The first kappa shape index (κ1) is 21.8. The summed E-state index contributed by atoms with van der Waals surface area (Å²) in [5.74, 6) is -1.77. The highest BCUT2D eigenvalue weighted by molar-refractivity contribution is 6.06. The van der Waals surface area contributed by atoms with E-state index in [0.717, 1.165) is 48.5 Å². The molecule has 1 amide bonds. The summed E-state index contributed by atoms with van der Waals surface area (Å²) in [5, 5.41) is 21.3. The van der Waals surface area contributed by atoms with Crippen molar-refractivity contribution >= 4 is 11.6 Å². The third-order valence-corrected chi connectivity index (χ3v) is 3.75. The lowest BCUT2D eigenvalue weighted by molar-refractivity contribution is -0.138. The molecule has 10 heteroatoms. The number of hydrogen-bond acceptors (Lipinski definition) is 3. The summed E-state index contributed by atoms with van der Waals surface area (Å²) in [6, 6.07) is 8.63. The van der Waals surface area contributed by atoms with Gasteiger partial charge >= 0.3 is 12.4 Å². The zero-order valence-electron chi connectivity index (χ0n) is 14.4. The minimum absolute atomic E-state index is 0.0434. The van der Waals surface area contributed by atoms with Gasteiger partial charge in [-0.05, 0) is 42.0 Å². The van der Waals surface area contributed by atoms with Crippen molar-refractivity contribution in [2.45, 2.75) is 18.8 Å². The van der Waals surface area contributed by atoms with E-state index in [1.807, 2.05) is 0 Å². The van der Waals surface area contributed by atoms with Crippen LogP contribution in [0.3, 0.4) is 0 Å². The van der Waals surface area contributed by atoms with E-state index in [1.54, 1.807) is 0 Å². The monoisotopic (exact) mass is 414 g/mol. The molecule has 0 radical (unpaired) electrons. The standard InChI is InChI=1S/C19H12F6N2O2/c20-18(21,22)12-3-1-11(2-4-12)9-16(28)15(10-26)17(29)27-14-7-5-13(6-8-14)19(23,24)25/h1-8,28H,9H2,(H,27,29)/b16-15-. The maximum Gasteiger partial charge on any atom is 0.416 e. The SMILES string of the molecule is N#C/C(C(=O)Nc1ccc(C(F)(F)F)cc1)=C(/O)Cc1ccc(C(F)(F)F)cc1. The van der Waals surface area contributed by atoms with Crippen LogP contribution in [0, 0.1) is 11.3 Å². The molecule has 0 aliphatic rings. The molecular weight excluding hydrogens is 402 g/mol. The van der Waals surface area contributed by atoms with Gasteiger partial charge in [-0.15, -0.1) is 0 Å². The normalized spacial score (nSPS) is 12.7. The predicted octanol–water partition coefficient (Wildman–Crippen LogP) is 5.24. The highest BCUT2D eigenvalue weighted by atomic mass is 19.4. The van der Waals surface area contributed by atoms with Crippen molar-refractivity contribution in [1.82, 2.24) is 0 Å². The van der Waals surface area contributed by atoms with Crippen LogP contribution in [0.2, 0.25) is 0 Å². The Morgan fingerprint density at radius 3 is 1.76 bits per heavy atom. The van der Waals surface area contributed by atoms with Crippen molar-refractivity contribution < 1.29 is 36.2 Å². The van der Waals surface area contributed by atoms with Crippen molar-refractivity contribution in [3.63, 3.8) is 0 Å². The van der Waals surface area contributed by atoms with E-state index in [-0.39, 0.29) is 17.7 Å². The van der Waals surface area contributed by atoms with E-state index < -0.39 is 40.7 Å². The summed E-state index contributed by atoms with van der Waals surface area (Å²) in [5.41, 5.74) is -2.38. The van der Waals surface area contributed by atoms with Crippen LogP contribution >= 0.6 is 0 Å². The van der Waals surface area contributed by atoms with Gasteiger partial charge in [0.15, 0.2) is 5.57 Å². The van der Waals surface area contributed by atoms with Crippen molar-refractivity contribution in [3.8, 4) is 6.07 Å². The molecule has 0 aromatic heterocycles. The van der Waals surface area contributed by atoms with Gasteiger partial charge in [-0.25, -0.2) is 0 Å². The van der Waals surface area contributed by atoms with E-state index in [9.17, 15) is 36.2 Å². The Labute approximate surface area is 160 Å². The molecule has 0 bridgehead atoms. The molecule has 29 heavy (non-hydrogen) atoms. The van der Waals surface area contributed by atoms with Crippen molar-refractivity contribution in [2.24, 2.45) is 0 Å². The average Bonchev–Trinajstić information content (AvgIpc) is 2.61. The van der Waals surface area contributed by atoms with Gasteiger partial charge < -0.3 is 10.4 Å². The van der Waals surface area contributed by atoms with Gasteiger partial charge in [0.1, 0.15) is 11.8 Å². The number of hydrogen-bond donors (Lipinski definition) is 2. The second kappa shape index (κ2) is 8.26. The second-order valence-electron chi connectivity index (χ2n) is 5.83. The van der Waals surface area contributed by atoms with Crippen molar-refractivity contribution in [3.05, 3.63) is 76.6 Å². The molecule has 0 unspecified atom stereocenters. The molecule has 0 heterocycles. The molecule has 0 atom stereocenters. The number of nitriles is 1. The zero-order chi connectivity index (χ0) is 21.8. The first-order chi connectivity index (χ1) is 13.4. The van der Waals surface area contributed by atoms with Crippen molar-refractivity contribution in [2.75, 3.05) is 5.32 Å². The van der Waals surface area contributed by atoms with Gasteiger partial charge in [-0.1, -0.05) is 12.1 Å². The Kier molecular flexibility index (Phi) is 6.21. The van der Waals surface area contributed by atoms with Gasteiger partial charge in [0, 0.05) is 12.1 Å². The molecule has 0 aliphatic carbocycles. The van der Waals surface area contributed by atoms with Crippen LogP contribution in [-0.4, -0.2) is 11.0 Å². The number of carbonyl (C=O) groups is 1. The lowest BCUT2D eigenvalue weighted by atomic mass is 10.1. The lowest BCUT2D eigenvalue weighted by Crippen LogP contribution is -2.16. The summed E-state index contributed by atoms with van der Waals surface area (Å²) in [4.78, 5) is 12.1. The number of carbonyl (C=O) groups excluding carboxylic acids is 1. The van der Waals surface area contributed by atoms with Crippen LogP contribution in [-0.2, 0) is 23.6 Å². The van der Waals surface area contributed by atoms with E-state index >= 15 is 0 Å². The Morgan fingerprint density at radius 1 is 0.897 bits per heavy atom. The number of nitrogens with one attached hydrogen (secondary N) is 1. The van der Waals surface area contributed by atoms with E-state index in [0.29, 0.717) is 0 Å². The third-order valence-electron chi connectivity index (χ3n) is 3.75. The molecule has 152 valence electrons. The molecule has 0 saturated carbocycles. The number of rotatable bonds is 4. The molecule has 0 saturated heterocycles. The highest BCUT2D eigenvalue weighted by Gasteiger charge is 2.31. The summed E-state index contributed by atoms with van der Waals surface area (Å²) in [7, 11) is 0. The number of aliphatic hydroxyl groups is 1. The number of allylic oxidation sites excluding steroid dienone is 1. The molecule has 4 nitrogen and oxygen atoms in total. The summed E-state index contributed by atoms with van der Waals surface area (Å²) >= 11 is 0. The number of alkyl halides is 6. The minimum atomic E-state index is -4.56. The number of halogens is 6. The predicted molar refractivity (Wildman–Crippen MR) is 90.5 cm³/mol. The number of aliphatic hydroxyl groups excluding tert-OH is 1. The van der Waals surface area contributed by atoms with Crippen LogP contribution in [0.25, 0.3) is 0 Å². The largest absolute Gasteiger partial charge is 0.510 e. The van der Waals surface area contributed by atoms with E-state index in [2.05, 4.69) is 5.32 Å². The minimum Gasteiger partial charge on any atom is -0.510 e. The average molecular weight is 414 g/mol. The van der Waals surface area contributed by atoms with Gasteiger partial charge in [0.05, 0.1) is 11.1 Å². The quantitative estimate of drug-likeness (QED) is 0.311. The molecule has 2 N–H and O–H groups in total. The summed E-state index contributed by atoms with van der Waals surface area (Å²) < 4.78 is 75.3. The molecule has 2 rings (SSSR count).